The van der Waals surface area contributed by atoms with Crippen LogP contribution < -0.4 is 9.03 Å². The number of aryl methyl sites for hydroxylation is 1. The molecule has 0 bridgehead atoms. The van der Waals surface area contributed by atoms with Gasteiger partial charge < -0.3 is 15.0 Å². The van der Waals surface area contributed by atoms with Crippen molar-refractivity contribution in [2.24, 2.45) is 0 Å². The van der Waals surface area contributed by atoms with Gasteiger partial charge in [-0.2, -0.15) is 13.1 Å². The van der Waals surface area contributed by atoms with E-state index in [1.165, 1.54) is 6.07 Å². The van der Waals surface area contributed by atoms with Gasteiger partial charge in [0.25, 0.3) is 0 Å². The number of aliphatic hydroxyl groups excluding tert-OH is 1. The van der Waals surface area contributed by atoms with Gasteiger partial charge in [0, 0.05) is 0 Å². The molecule has 28 heavy (non-hydrogen) atoms. The molecule has 1 saturated heterocycles. The second-order valence-electron chi connectivity index (χ2n) is 7.25. The molecule has 8 heteroatoms. The van der Waals surface area contributed by atoms with Crippen LogP contribution in [0.15, 0.2) is 30.3 Å². The fraction of sp³-hybridized carbons (Fsp3) is 0.450. The van der Waals surface area contributed by atoms with Gasteiger partial charge in [-0.3, -0.25) is 4.31 Å². The molecule has 1 aliphatic heterocycles. The summed E-state index contributed by atoms with van der Waals surface area (Å²) in [5.74, 6) is -0.153. The Kier molecular flexibility index (Phi) is 6.22. The lowest BCUT2D eigenvalue weighted by Crippen LogP contribution is -2.30. The molecule has 7 nitrogen and oxygen atoms in total. The molecule has 1 fully saturated rings. The third-order valence-corrected chi connectivity index (χ3v) is 6.54. The molecular formula is C20H26N2O5S. The topological polar surface area (TPSA) is 107 Å². The van der Waals surface area contributed by atoms with Crippen molar-refractivity contribution in [3.8, 4) is 5.75 Å². The van der Waals surface area contributed by atoms with E-state index < -0.39 is 16.3 Å². The number of aromatic hydroxyl groups is 1. The molecule has 3 N–H and O–H groups in total. The standard InChI is InChI=1S/C20H26N2O5S/c1-2-4-18(24)6-3-5-14-7-8-15-11-20(25)19(10-16(15)9-14)22-12-17(13-23)21-28(22,26)27/h7-11,13,17-18,21,24-25H,2-6,12H2,1H3. The van der Waals surface area contributed by atoms with E-state index in [2.05, 4.69) is 4.72 Å². The molecule has 0 saturated carbocycles. The van der Waals surface area contributed by atoms with E-state index in [0.717, 1.165) is 52.7 Å². The summed E-state index contributed by atoms with van der Waals surface area (Å²) in [4.78, 5) is 11.0. The van der Waals surface area contributed by atoms with E-state index in [1.54, 1.807) is 6.07 Å². The van der Waals surface area contributed by atoms with Crippen LogP contribution in [0.1, 0.15) is 38.2 Å². The number of phenolic OH excluding ortho intramolecular Hbond substituents is 1. The highest BCUT2D eigenvalue weighted by atomic mass is 32.2. The second-order valence-corrected chi connectivity index (χ2v) is 8.88. The Balaban J connectivity index is 1.84. The van der Waals surface area contributed by atoms with Gasteiger partial charge in [0.2, 0.25) is 0 Å². The molecule has 2 atom stereocenters. The number of hydrogen-bond acceptors (Lipinski definition) is 5. The quantitative estimate of drug-likeness (QED) is 0.583. The van der Waals surface area contributed by atoms with Crippen molar-refractivity contribution in [3.05, 3.63) is 35.9 Å². The summed E-state index contributed by atoms with van der Waals surface area (Å²) in [5.41, 5.74) is 1.24. The number of aliphatic hydroxyl groups is 1. The first-order chi connectivity index (χ1) is 13.3. The van der Waals surface area contributed by atoms with Crippen LogP contribution in [0, 0.1) is 0 Å². The van der Waals surface area contributed by atoms with Crippen molar-refractivity contribution >= 4 is 33.0 Å². The Morgan fingerprint density at radius 2 is 2.04 bits per heavy atom. The number of anilines is 1. The number of hydrogen-bond donors (Lipinski definition) is 3. The highest BCUT2D eigenvalue weighted by Gasteiger charge is 2.36. The molecule has 1 aliphatic rings. The Bertz CT molecular complexity index is 960. The van der Waals surface area contributed by atoms with Crippen molar-refractivity contribution in [1.29, 1.82) is 0 Å². The average Bonchev–Trinajstić information content (AvgIpc) is 2.96. The van der Waals surface area contributed by atoms with Crippen LogP contribution in [0.4, 0.5) is 5.69 Å². The van der Waals surface area contributed by atoms with Gasteiger partial charge in [-0.25, -0.2) is 0 Å². The molecule has 1 heterocycles. The van der Waals surface area contributed by atoms with E-state index in [1.807, 2.05) is 25.1 Å². The van der Waals surface area contributed by atoms with Gasteiger partial charge >= 0.3 is 10.2 Å². The lowest BCUT2D eigenvalue weighted by atomic mass is 10.0. The zero-order valence-corrected chi connectivity index (χ0v) is 16.7. The minimum Gasteiger partial charge on any atom is -0.506 e. The summed E-state index contributed by atoms with van der Waals surface area (Å²) >= 11 is 0. The summed E-state index contributed by atoms with van der Waals surface area (Å²) in [6, 6.07) is 8.17. The minimum atomic E-state index is -3.87. The Morgan fingerprint density at radius 1 is 1.25 bits per heavy atom. The molecule has 0 radical (unpaired) electrons. The Labute approximate surface area is 165 Å². The van der Waals surface area contributed by atoms with Crippen LogP contribution in [0.25, 0.3) is 10.8 Å². The third-order valence-electron chi connectivity index (χ3n) is 5.01. The molecule has 2 aromatic rings. The number of rotatable bonds is 8. The van der Waals surface area contributed by atoms with Crippen molar-refractivity contribution < 1.29 is 23.4 Å². The second kappa shape index (κ2) is 8.46. The van der Waals surface area contributed by atoms with Gasteiger partial charge in [-0.1, -0.05) is 31.5 Å². The van der Waals surface area contributed by atoms with Crippen LogP contribution in [-0.4, -0.2) is 43.6 Å². The summed E-state index contributed by atoms with van der Waals surface area (Å²) in [6.45, 7) is 1.99. The van der Waals surface area contributed by atoms with Crippen LogP contribution in [0.5, 0.6) is 5.75 Å². The molecule has 2 aromatic carbocycles. The van der Waals surface area contributed by atoms with Crippen molar-refractivity contribution in [1.82, 2.24) is 4.72 Å². The van der Waals surface area contributed by atoms with Crippen molar-refractivity contribution in [2.45, 2.75) is 51.2 Å². The maximum absolute atomic E-state index is 12.3. The normalized spacial score (nSPS) is 19.8. The van der Waals surface area contributed by atoms with Gasteiger partial charge in [-0.05, 0) is 54.2 Å². The van der Waals surface area contributed by atoms with E-state index in [0.29, 0.717) is 6.29 Å². The molecular weight excluding hydrogens is 380 g/mol. The fourth-order valence-electron chi connectivity index (χ4n) is 3.57. The molecule has 0 aliphatic carbocycles. The first kappa shape index (κ1) is 20.6. The SMILES string of the molecule is CCCC(O)CCCc1ccc2cc(O)c(N3CC(C=O)NS3(=O)=O)cc2c1. The van der Waals surface area contributed by atoms with E-state index in [-0.39, 0.29) is 24.1 Å². The molecule has 3 rings (SSSR count). The molecule has 0 spiro atoms. The first-order valence-corrected chi connectivity index (χ1v) is 11.0. The monoisotopic (exact) mass is 406 g/mol. The van der Waals surface area contributed by atoms with Crippen molar-refractivity contribution in [2.75, 3.05) is 10.8 Å². The van der Waals surface area contributed by atoms with Crippen molar-refractivity contribution in [3.63, 3.8) is 0 Å². The van der Waals surface area contributed by atoms with Crippen LogP contribution >= 0.6 is 0 Å². The highest BCUT2D eigenvalue weighted by Crippen LogP contribution is 2.35. The minimum absolute atomic E-state index is 0.0556. The van der Waals surface area contributed by atoms with Crippen LogP contribution in [-0.2, 0) is 21.4 Å². The third kappa shape index (κ3) is 4.45. The maximum Gasteiger partial charge on any atom is 0.302 e. The first-order valence-electron chi connectivity index (χ1n) is 9.53. The lowest BCUT2D eigenvalue weighted by Gasteiger charge is -2.18. The number of carbonyl (C=O) groups excluding carboxylic acids is 1. The number of carbonyl (C=O) groups is 1. The molecule has 152 valence electrons. The summed E-state index contributed by atoms with van der Waals surface area (Å²) < 4.78 is 27.8. The van der Waals surface area contributed by atoms with E-state index >= 15 is 0 Å². The highest BCUT2D eigenvalue weighted by molar-refractivity contribution is 7.91. The Hall–Kier alpha value is -2.16. The Morgan fingerprint density at radius 3 is 2.71 bits per heavy atom. The number of nitrogens with zero attached hydrogens (tertiary/aromatic N) is 1. The largest absolute Gasteiger partial charge is 0.506 e. The summed E-state index contributed by atoms with van der Waals surface area (Å²) in [6.07, 6.45) is 4.46. The maximum atomic E-state index is 12.3. The summed E-state index contributed by atoms with van der Waals surface area (Å²) in [5, 5.41) is 21.8. The average molecular weight is 407 g/mol. The molecule has 2 unspecified atom stereocenters. The van der Waals surface area contributed by atoms with Gasteiger partial charge in [0.15, 0.2) is 0 Å². The van der Waals surface area contributed by atoms with Gasteiger partial charge in [0.05, 0.1) is 24.4 Å². The smallest absolute Gasteiger partial charge is 0.302 e. The predicted octanol–water partition coefficient (Wildman–Crippen LogP) is 2.25. The fourth-order valence-corrected chi connectivity index (χ4v) is 4.97. The number of benzene rings is 2. The zero-order chi connectivity index (χ0) is 20.3. The number of phenols is 1. The van der Waals surface area contributed by atoms with Crippen LogP contribution in [0.3, 0.4) is 0 Å². The van der Waals surface area contributed by atoms with Gasteiger partial charge in [-0.15, -0.1) is 0 Å². The van der Waals surface area contributed by atoms with E-state index in [9.17, 15) is 23.4 Å². The van der Waals surface area contributed by atoms with E-state index in [4.69, 9.17) is 0 Å². The number of fused-ring (bicyclic) bond motifs is 1. The summed E-state index contributed by atoms with van der Waals surface area (Å²) in [7, 11) is -3.87. The molecule has 0 aromatic heterocycles. The number of aldehydes is 1. The van der Waals surface area contributed by atoms with Crippen LogP contribution in [0.2, 0.25) is 0 Å². The molecule has 0 amide bonds. The number of nitrogens with one attached hydrogen (secondary N) is 1. The zero-order valence-electron chi connectivity index (χ0n) is 15.8. The van der Waals surface area contributed by atoms with Gasteiger partial charge in [0.1, 0.15) is 12.0 Å². The predicted molar refractivity (Wildman–Crippen MR) is 109 cm³/mol. The lowest BCUT2D eigenvalue weighted by molar-refractivity contribution is -0.108.